The molecule has 0 amide bonds. The van der Waals surface area contributed by atoms with E-state index < -0.39 is 17.6 Å². The molecule has 2 rings (SSSR count). The van der Waals surface area contributed by atoms with Gasteiger partial charge in [-0.15, -0.1) is 0 Å². The van der Waals surface area contributed by atoms with Crippen molar-refractivity contribution in [3.8, 4) is 0 Å². The van der Waals surface area contributed by atoms with Gasteiger partial charge in [-0.05, 0) is 43.4 Å². The van der Waals surface area contributed by atoms with Crippen LogP contribution in [0.15, 0.2) is 18.2 Å². The van der Waals surface area contributed by atoms with Crippen molar-refractivity contribution < 1.29 is 17.6 Å². The fraction of sp³-hybridized carbons (Fsp3) is 0.571. The molecule has 0 saturated heterocycles. The van der Waals surface area contributed by atoms with Gasteiger partial charge in [0.05, 0.1) is 5.56 Å². The quantitative estimate of drug-likeness (QED) is 0.839. The molecule has 1 aliphatic rings. The number of benzene rings is 1. The second-order valence-electron chi connectivity index (χ2n) is 5.30. The molecule has 1 aromatic rings. The zero-order valence-electron chi connectivity index (χ0n) is 11.0. The van der Waals surface area contributed by atoms with Crippen LogP contribution in [0.4, 0.5) is 17.6 Å². The molecule has 0 unspecified atom stereocenters. The van der Waals surface area contributed by atoms with Gasteiger partial charge < -0.3 is 11.1 Å². The van der Waals surface area contributed by atoms with Crippen LogP contribution in [-0.2, 0) is 12.7 Å². The maximum Gasteiger partial charge on any atom is 0.419 e. The average molecular weight is 290 g/mol. The zero-order chi connectivity index (χ0) is 14.8. The molecule has 0 aromatic heterocycles. The summed E-state index contributed by atoms with van der Waals surface area (Å²) in [6.45, 7) is 0.309. The van der Waals surface area contributed by atoms with Crippen LogP contribution < -0.4 is 11.1 Å². The van der Waals surface area contributed by atoms with E-state index in [9.17, 15) is 17.6 Å². The lowest BCUT2D eigenvalue weighted by atomic mass is 9.91. The van der Waals surface area contributed by atoms with Crippen molar-refractivity contribution in [3.05, 3.63) is 35.1 Å². The van der Waals surface area contributed by atoms with Gasteiger partial charge in [0, 0.05) is 18.6 Å². The van der Waals surface area contributed by atoms with Gasteiger partial charge in [0.25, 0.3) is 0 Å². The van der Waals surface area contributed by atoms with Crippen LogP contribution in [0.25, 0.3) is 0 Å². The first-order valence-corrected chi connectivity index (χ1v) is 6.71. The van der Waals surface area contributed by atoms with E-state index >= 15 is 0 Å². The Morgan fingerprint density at radius 3 is 2.40 bits per heavy atom. The third kappa shape index (κ3) is 3.93. The molecule has 0 heterocycles. The Morgan fingerprint density at radius 2 is 1.80 bits per heavy atom. The van der Waals surface area contributed by atoms with Crippen molar-refractivity contribution in [1.29, 1.82) is 0 Å². The summed E-state index contributed by atoms with van der Waals surface area (Å²) in [5.41, 5.74) is 5.03. The summed E-state index contributed by atoms with van der Waals surface area (Å²) < 4.78 is 50.9. The maximum absolute atomic E-state index is 13.1. The van der Waals surface area contributed by atoms with E-state index in [1.54, 1.807) is 0 Å². The minimum Gasteiger partial charge on any atom is -0.328 e. The van der Waals surface area contributed by atoms with Crippen LogP contribution in [0.1, 0.15) is 36.8 Å². The van der Waals surface area contributed by atoms with E-state index in [1.807, 2.05) is 0 Å². The van der Waals surface area contributed by atoms with Crippen molar-refractivity contribution in [2.24, 2.45) is 5.73 Å². The first-order chi connectivity index (χ1) is 9.36. The molecule has 6 heteroatoms. The predicted molar refractivity (Wildman–Crippen MR) is 68.5 cm³/mol. The van der Waals surface area contributed by atoms with Crippen LogP contribution in [-0.4, -0.2) is 12.1 Å². The van der Waals surface area contributed by atoms with E-state index in [0.717, 1.165) is 37.8 Å². The lowest BCUT2D eigenvalue weighted by molar-refractivity contribution is -0.140. The van der Waals surface area contributed by atoms with Crippen LogP contribution in [0.5, 0.6) is 0 Å². The molecule has 0 bridgehead atoms. The van der Waals surface area contributed by atoms with Crippen LogP contribution in [0, 0.1) is 5.82 Å². The lowest BCUT2D eigenvalue weighted by Crippen LogP contribution is -2.37. The van der Waals surface area contributed by atoms with Gasteiger partial charge in [-0.3, -0.25) is 0 Å². The topological polar surface area (TPSA) is 38.0 Å². The number of rotatable bonds is 3. The summed E-state index contributed by atoms with van der Waals surface area (Å²) in [4.78, 5) is 0. The standard InChI is InChI=1S/C14H18F4N2/c15-13-6-1-9(7-12(13)14(16,17)18)8-20-11-4-2-10(19)3-5-11/h1,6-7,10-11,20H,2-5,8,19H2. The summed E-state index contributed by atoms with van der Waals surface area (Å²) in [7, 11) is 0. The van der Waals surface area contributed by atoms with E-state index in [-0.39, 0.29) is 12.1 Å². The van der Waals surface area contributed by atoms with Crippen molar-refractivity contribution in [1.82, 2.24) is 5.32 Å². The Kier molecular flexibility index (Phi) is 4.65. The van der Waals surface area contributed by atoms with Crippen molar-refractivity contribution >= 4 is 0 Å². The number of hydrogen-bond acceptors (Lipinski definition) is 2. The number of hydrogen-bond donors (Lipinski definition) is 2. The predicted octanol–water partition coefficient (Wildman–Crippen LogP) is 3.20. The van der Waals surface area contributed by atoms with Gasteiger partial charge in [-0.25, -0.2) is 4.39 Å². The Bertz CT molecular complexity index is 451. The second kappa shape index (κ2) is 6.10. The monoisotopic (exact) mass is 290 g/mol. The number of alkyl halides is 3. The van der Waals surface area contributed by atoms with Crippen molar-refractivity contribution in [2.45, 2.75) is 50.5 Å². The molecule has 1 saturated carbocycles. The first kappa shape index (κ1) is 15.3. The minimum absolute atomic E-state index is 0.232. The highest BCUT2D eigenvalue weighted by Gasteiger charge is 2.34. The van der Waals surface area contributed by atoms with E-state index in [4.69, 9.17) is 5.73 Å². The number of nitrogens with two attached hydrogens (primary N) is 1. The molecule has 1 aliphatic carbocycles. The van der Waals surface area contributed by atoms with Crippen LogP contribution >= 0.6 is 0 Å². The Hall–Kier alpha value is -1.14. The summed E-state index contributed by atoms with van der Waals surface area (Å²) in [5.74, 6) is -1.23. The first-order valence-electron chi connectivity index (χ1n) is 6.71. The normalized spacial score (nSPS) is 23.9. The average Bonchev–Trinajstić information content (AvgIpc) is 2.38. The number of nitrogens with one attached hydrogen (secondary N) is 1. The third-order valence-corrected chi connectivity index (χ3v) is 3.70. The third-order valence-electron chi connectivity index (χ3n) is 3.70. The van der Waals surface area contributed by atoms with Gasteiger partial charge in [0.15, 0.2) is 0 Å². The number of halogens is 4. The van der Waals surface area contributed by atoms with Crippen LogP contribution in [0.3, 0.4) is 0 Å². The van der Waals surface area contributed by atoms with Crippen molar-refractivity contribution in [3.63, 3.8) is 0 Å². The lowest BCUT2D eigenvalue weighted by Gasteiger charge is -2.27. The van der Waals surface area contributed by atoms with Gasteiger partial charge in [0.1, 0.15) is 5.82 Å². The van der Waals surface area contributed by atoms with Gasteiger partial charge in [-0.2, -0.15) is 13.2 Å². The Balaban J connectivity index is 1.96. The maximum atomic E-state index is 13.1. The summed E-state index contributed by atoms with van der Waals surface area (Å²) in [5, 5.41) is 3.21. The highest BCUT2D eigenvalue weighted by molar-refractivity contribution is 5.27. The van der Waals surface area contributed by atoms with Gasteiger partial charge >= 0.3 is 6.18 Å². The molecule has 0 radical (unpaired) electrons. The molecule has 0 spiro atoms. The highest BCUT2D eigenvalue weighted by atomic mass is 19.4. The highest BCUT2D eigenvalue weighted by Crippen LogP contribution is 2.32. The fourth-order valence-electron chi connectivity index (χ4n) is 2.49. The largest absolute Gasteiger partial charge is 0.419 e. The van der Waals surface area contributed by atoms with Crippen LogP contribution in [0.2, 0.25) is 0 Å². The molecule has 3 N–H and O–H groups in total. The minimum atomic E-state index is -4.66. The molecule has 112 valence electrons. The SMILES string of the molecule is NC1CCC(NCc2ccc(F)c(C(F)(F)F)c2)CC1. The van der Waals surface area contributed by atoms with E-state index in [1.165, 1.54) is 6.07 Å². The Morgan fingerprint density at radius 1 is 1.15 bits per heavy atom. The fourth-order valence-corrected chi connectivity index (χ4v) is 2.49. The molecule has 1 fully saturated rings. The van der Waals surface area contributed by atoms with Gasteiger partial charge in [-0.1, -0.05) is 6.07 Å². The Labute approximate surface area is 115 Å². The second-order valence-corrected chi connectivity index (χ2v) is 5.30. The zero-order valence-corrected chi connectivity index (χ0v) is 11.0. The van der Waals surface area contributed by atoms with E-state index in [2.05, 4.69) is 5.32 Å². The molecule has 0 atom stereocenters. The molecule has 2 nitrogen and oxygen atoms in total. The molecule has 20 heavy (non-hydrogen) atoms. The smallest absolute Gasteiger partial charge is 0.328 e. The molecule has 0 aliphatic heterocycles. The van der Waals surface area contributed by atoms with Gasteiger partial charge in [0.2, 0.25) is 0 Å². The summed E-state index contributed by atoms with van der Waals surface area (Å²) in [6.07, 6.45) is -0.954. The van der Waals surface area contributed by atoms with Crippen molar-refractivity contribution in [2.75, 3.05) is 0 Å². The molecule has 1 aromatic carbocycles. The summed E-state index contributed by atoms with van der Waals surface area (Å²) in [6, 6.07) is 3.63. The summed E-state index contributed by atoms with van der Waals surface area (Å²) >= 11 is 0. The van der Waals surface area contributed by atoms with E-state index in [0.29, 0.717) is 12.1 Å². The molecular formula is C14H18F4N2. The molecular weight excluding hydrogens is 272 g/mol.